The van der Waals surface area contributed by atoms with Crippen molar-refractivity contribution in [3.8, 4) is 11.5 Å². The summed E-state index contributed by atoms with van der Waals surface area (Å²) in [5.41, 5.74) is 9.33. The number of halogens is 1. The van der Waals surface area contributed by atoms with Gasteiger partial charge in [0.05, 0.1) is 4.47 Å². The second-order valence-electron chi connectivity index (χ2n) is 4.90. The molecule has 0 spiro atoms. The van der Waals surface area contributed by atoms with Crippen LogP contribution in [-0.4, -0.2) is 0 Å². The fourth-order valence-corrected chi connectivity index (χ4v) is 2.48. The summed E-state index contributed by atoms with van der Waals surface area (Å²) in [6.45, 7) is 6.09. The van der Waals surface area contributed by atoms with Crippen LogP contribution in [0.3, 0.4) is 0 Å². The molecule has 3 heteroatoms. The Hall–Kier alpha value is -1.32. The topological polar surface area (TPSA) is 35.2 Å². The van der Waals surface area contributed by atoms with Crippen molar-refractivity contribution in [3.05, 3.63) is 57.6 Å². The molecule has 0 fully saturated rings. The monoisotopic (exact) mass is 319 g/mol. The Morgan fingerprint density at radius 3 is 2.21 bits per heavy atom. The summed E-state index contributed by atoms with van der Waals surface area (Å²) in [6, 6.07) is 12.1. The van der Waals surface area contributed by atoms with Crippen molar-refractivity contribution in [1.82, 2.24) is 0 Å². The maximum absolute atomic E-state index is 5.92. The van der Waals surface area contributed by atoms with Crippen LogP contribution in [0.2, 0.25) is 0 Å². The highest BCUT2D eigenvalue weighted by Crippen LogP contribution is 2.32. The highest BCUT2D eigenvalue weighted by atomic mass is 79.9. The van der Waals surface area contributed by atoms with Crippen molar-refractivity contribution in [2.45, 2.75) is 26.8 Å². The van der Waals surface area contributed by atoms with Crippen molar-refractivity contribution in [2.75, 3.05) is 0 Å². The van der Waals surface area contributed by atoms with Gasteiger partial charge in [-0.2, -0.15) is 0 Å². The number of nitrogens with two attached hydrogens (primary N) is 1. The van der Waals surface area contributed by atoms with E-state index in [9.17, 15) is 0 Å². The third kappa shape index (κ3) is 3.58. The molecular weight excluding hydrogens is 302 g/mol. The minimum absolute atomic E-state index is 0.0200. The summed E-state index contributed by atoms with van der Waals surface area (Å²) in [4.78, 5) is 0. The first-order valence-electron chi connectivity index (χ1n) is 6.27. The Balaban J connectivity index is 2.28. The minimum atomic E-state index is 0.0200. The van der Waals surface area contributed by atoms with Crippen LogP contribution < -0.4 is 10.5 Å². The molecule has 0 aromatic heterocycles. The molecule has 0 bridgehead atoms. The lowest BCUT2D eigenvalue weighted by Gasteiger charge is -2.12. The number of hydrogen-bond donors (Lipinski definition) is 1. The Labute approximate surface area is 122 Å². The van der Waals surface area contributed by atoms with Crippen LogP contribution in [0.25, 0.3) is 0 Å². The van der Waals surface area contributed by atoms with Gasteiger partial charge >= 0.3 is 0 Å². The lowest BCUT2D eigenvalue weighted by molar-refractivity contribution is 0.478. The van der Waals surface area contributed by atoms with Gasteiger partial charge in [0.2, 0.25) is 0 Å². The molecule has 1 atom stereocenters. The SMILES string of the molecule is Cc1cc(C)cc(Oc2ccc(C(C)N)cc2Br)c1. The Kier molecular flexibility index (Phi) is 4.27. The zero-order chi connectivity index (χ0) is 14.0. The molecule has 0 aliphatic heterocycles. The third-order valence-corrected chi connectivity index (χ3v) is 3.52. The van der Waals surface area contributed by atoms with E-state index in [0.29, 0.717) is 0 Å². The van der Waals surface area contributed by atoms with E-state index in [4.69, 9.17) is 10.5 Å². The van der Waals surface area contributed by atoms with Gasteiger partial charge in [-0.15, -0.1) is 0 Å². The van der Waals surface area contributed by atoms with Gasteiger partial charge in [-0.1, -0.05) is 12.1 Å². The number of aryl methyl sites for hydroxylation is 2. The zero-order valence-corrected chi connectivity index (χ0v) is 13.0. The summed E-state index contributed by atoms with van der Waals surface area (Å²) in [5, 5.41) is 0. The predicted octanol–water partition coefficient (Wildman–Crippen LogP) is 4.88. The predicted molar refractivity (Wildman–Crippen MR) is 82.7 cm³/mol. The average Bonchev–Trinajstić information content (AvgIpc) is 2.30. The van der Waals surface area contributed by atoms with Crippen LogP contribution in [-0.2, 0) is 0 Å². The van der Waals surface area contributed by atoms with Crippen LogP contribution in [0.15, 0.2) is 40.9 Å². The summed E-state index contributed by atoms with van der Waals surface area (Å²) in [5.74, 6) is 1.65. The maximum atomic E-state index is 5.92. The molecule has 2 N–H and O–H groups in total. The molecule has 0 amide bonds. The lowest BCUT2D eigenvalue weighted by Crippen LogP contribution is -2.04. The van der Waals surface area contributed by atoms with Gasteiger partial charge in [-0.3, -0.25) is 0 Å². The first-order valence-corrected chi connectivity index (χ1v) is 7.06. The van der Waals surface area contributed by atoms with Crippen LogP contribution in [0.1, 0.15) is 29.7 Å². The van der Waals surface area contributed by atoms with E-state index in [1.807, 2.05) is 37.3 Å². The van der Waals surface area contributed by atoms with Gasteiger partial charge in [0, 0.05) is 6.04 Å². The summed E-state index contributed by atoms with van der Waals surface area (Å²) in [7, 11) is 0. The fraction of sp³-hybridized carbons (Fsp3) is 0.250. The third-order valence-electron chi connectivity index (χ3n) is 2.90. The van der Waals surface area contributed by atoms with Crippen LogP contribution in [0.5, 0.6) is 11.5 Å². The van der Waals surface area contributed by atoms with Gasteiger partial charge in [-0.25, -0.2) is 0 Å². The van der Waals surface area contributed by atoms with Gasteiger partial charge in [0.25, 0.3) is 0 Å². The van der Waals surface area contributed by atoms with Crippen molar-refractivity contribution >= 4 is 15.9 Å². The summed E-state index contributed by atoms with van der Waals surface area (Å²) >= 11 is 3.53. The molecular formula is C16H18BrNO. The standard InChI is InChI=1S/C16H18BrNO/c1-10-6-11(2)8-14(7-10)19-16-5-4-13(12(3)18)9-15(16)17/h4-9,12H,18H2,1-3H3. The second-order valence-corrected chi connectivity index (χ2v) is 5.76. The molecule has 2 aromatic carbocycles. The molecule has 1 unspecified atom stereocenters. The quantitative estimate of drug-likeness (QED) is 0.875. The van der Waals surface area contributed by atoms with Gasteiger partial charge in [0.1, 0.15) is 11.5 Å². The van der Waals surface area contributed by atoms with E-state index in [0.717, 1.165) is 21.5 Å². The minimum Gasteiger partial charge on any atom is -0.456 e. The first-order chi connectivity index (χ1) is 8.95. The highest BCUT2D eigenvalue weighted by molar-refractivity contribution is 9.10. The molecule has 2 nitrogen and oxygen atoms in total. The van der Waals surface area contributed by atoms with Crippen LogP contribution in [0.4, 0.5) is 0 Å². The molecule has 100 valence electrons. The Bertz CT molecular complexity index is 573. The molecule has 2 aromatic rings. The van der Waals surface area contributed by atoms with Crippen molar-refractivity contribution in [3.63, 3.8) is 0 Å². The smallest absolute Gasteiger partial charge is 0.141 e. The Morgan fingerprint density at radius 2 is 1.68 bits per heavy atom. The van der Waals surface area contributed by atoms with Gasteiger partial charge in [-0.05, 0) is 77.7 Å². The van der Waals surface area contributed by atoms with E-state index in [1.165, 1.54) is 11.1 Å². The highest BCUT2D eigenvalue weighted by Gasteiger charge is 2.07. The molecule has 0 heterocycles. The van der Waals surface area contributed by atoms with Gasteiger partial charge in [0.15, 0.2) is 0 Å². The van der Waals surface area contributed by atoms with Crippen LogP contribution >= 0.6 is 15.9 Å². The van der Waals surface area contributed by atoms with Crippen molar-refractivity contribution < 1.29 is 4.74 Å². The molecule has 0 aliphatic rings. The number of benzene rings is 2. The molecule has 2 rings (SSSR count). The number of rotatable bonds is 3. The number of ether oxygens (including phenoxy) is 1. The van der Waals surface area contributed by atoms with E-state index in [-0.39, 0.29) is 6.04 Å². The lowest BCUT2D eigenvalue weighted by atomic mass is 10.1. The fourth-order valence-electron chi connectivity index (χ4n) is 2.00. The van der Waals surface area contributed by atoms with E-state index in [1.54, 1.807) is 0 Å². The normalized spacial score (nSPS) is 12.3. The van der Waals surface area contributed by atoms with Crippen molar-refractivity contribution in [1.29, 1.82) is 0 Å². The van der Waals surface area contributed by atoms with E-state index >= 15 is 0 Å². The molecule has 19 heavy (non-hydrogen) atoms. The molecule has 0 saturated heterocycles. The van der Waals surface area contributed by atoms with Crippen molar-refractivity contribution in [2.24, 2.45) is 5.73 Å². The van der Waals surface area contributed by atoms with Crippen LogP contribution in [0, 0.1) is 13.8 Å². The van der Waals surface area contributed by atoms with E-state index in [2.05, 4.69) is 35.8 Å². The first kappa shape index (κ1) is 14.1. The summed E-state index contributed by atoms with van der Waals surface area (Å²) < 4.78 is 6.84. The summed E-state index contributed by atoms with van der Waals surface area (Å²) in [6.07, 6.45) is 0. The Morgan fingerprint density at radius 1 is 1.05 bits per heavy atom. The second kappa shape index (κ2) is 5.76. The zero-order valence-electron chi connectivity index (χ0n) is 11.4. The number of hydrogen-bond acceptors (Lipinski definition) is 2. The molecule has 0 radical (unpaired) electrons. The van der Waals surface area contributed by atoms with Gasteiger partial charge < -0.3 is 10.5 Å². The van der Waals surface area contributed by atoms with E-state index < -0.39 is 0 Å². The molecule has 0 aliphatic carbocycles. The average molecular weight is 320 g/mol. The molecule has 0 saturated carbocycles. The largest absolute Gasteiger partial charge is 0.456 e. The maximum Gasteiger partial charge on any atom is 0.141 e.